The smallest absolute Gasteiger partial charge is 0.337 e. The largest absolute Gasteiger partial charge is 0.458 e. The molecule has 10 heteroatoms. The number of rotatable bonds is 9. The van der Waals surface area contributed by atoms with Crippen molar-refractivity contribution in [3.05, 3.63) is 128 Å². The summed E-state index contributed by atoms with van der Waals surface area (Å²) < 4.78 is 7.65. The normalized spacial score (nSPS) is 15.2. The molecule has 4 aromatic rings. The Labute approximate surface area is 235 Å². The van der Waals surface area contributed by atoms with Crippen LogP contribution in [0.25, 0.3) is 17.3 Å². The van der Waals surface area contributed by atoms with Crippen molar-refractivity contribution in [3.63, 3.8) is 0 Å². The highest BCUT2D eigenvalue weighted by Crippen LogP contribution is 2.33. The van der Waals surface area contributed by atoms with Gasteiger partial charge in [0.25, 0.3) is 5.69 Å². The van der Waals surface area contributed by atoms with Crippen molar-refractivity contribution >= 4 is 29.1 Å². The van der Waals surface area contributed by atoms with E-state index in [2.05, 4.69) is 21.4 Å². The van der Waals surface area contributed by atoms with Crippen LogP contribution in [0, 0.1) is 10.1 Å². The van der Waals surface area contributed by atoms with Gasteiger partial charge in [0.1, 0.15) is 6.61 Å². The number of carbonyl (C=O) groups excluding carboxylic acids is 1. The molecule has 0 amide bonds. The highest BCUT2D eigenvalue weighted by molar-refractivity contribution is 7.12. The molecule has 9 nitrogen and oxygen atoms in total. The molecule has 1 aromatic carbocycles. The molecule has 1 aliphatic heterocycles. The number of nitro groups is 1. The van der Waals surface area contributed by atoms with E-state index >= 15 is 0 Å². The minimum absolute atomic E-state index is 0.00642. The molecule has 1 atom stereocenters. The second-order valence-electron chi connectivity index (χ2n) is 9.32. The SMILES string of the molecule is CC1=CC(c2ccc(-c3cccc([N+](=O)[O-])c3)nc2)C(C(=O)OC/C=C/c2ccc(Cn3ccnc3)s2)=C(C)N1. The first-order valence-corrected chi connectivity index (χ1v) is 13.4. The maximum absolute atomic E-state index is 13.2. The van der Waals surface area contributed by atoms with E-state index in [4.69, 9.17) is 4.74 Å². The van der Waals surface area contributed by atoms with Gasteiger partial charge in [-0.1, -0.05) is 24.3 Å². The number of dihydropyridines is 1. The van der Waals surface area contributed by atoms with E-state index in [1.54, 1.807) is 42.2 Å². The molecule has 0 fully saturated rings. The van der Waals surface area contributed by atoms with Gasteiger partial charge < -0.3 is 14.6 Å². The average molecular weight is 554 g/mol. The topological polar surface area (TPSA) is 112 Å². The number of pyridine rings is 1. The molecule has 0 radical (unpaired) electrons. The number of allylic oxidation sites excluding steroid dienone is 3. The number of ether oxygens (including phenoxy) is 1. The molecule has 0 saturated carbocycles. The molecule has 4 heterocycles. The summed E-state index contributed by atoms with van der Waals surface area (Å²) in [6.07, 6.45) is 12.9. The van der Waals surface area contributed by atoms with Crippen LogP contribution in [0.15, 0.2) is 103 Å². The lowest BCUT2D eigenvalue weighted by molar-refractivity contribution is -0.384. The molecule has 0 aliphatic carbocycles. The Kier molecular flexibility index (Phi) is 7.97. The molecule has 1 unspecified atom stereocenters. The molecule has 1 N–H and O–H groups in total. The number of non-ortho nitro benzene ring substituents is 1. The standard InChI is InChI=1S/C30H27N5O4S/c1-20-15-27(23-8-11-28(32-17-23)22-5-3-6-24(16-22)35(37)38)29(21(2)33-20)30(36)39-14-4-7-25-9-10-26(40-25)18-34-13-12-31-19-34/h3-13,15-17,19,27,33H,14,18H2,1-2H3/b7-4+. The summed E-state index contributed by atoms with van der Waals surface area (Å²) in [5.74, 6) is -0.745. The fraction of sp³-hybridized carbons (Fsp3) is 0.167. The Morgan fingerprint density at radius 2 is 2.10 bits per heavy atom. The summed E-state index contributed by atoms with van der Waals surface area (Å²) in [6.45, 7) is 4.70. The van der Waals surface area contributed by atoms with Gasteiger partial charge >= 0.3 is 5.97 Å². The van der Waals surface area contributed by atoms with Crippen LogP contribution in [0.2, 0.25) is 0 Å². The van der Waals surface area contributed by atoms with Crippen molar-refractivity contribution in [2.24, 2.45) is 0 Å². The van der Waals surface area contributed by atoms with E-state index in [1.807, 2.05) is 61.0 Å². The van der Waals surface area contributed by atoms with E-state index in [9.17, 15) is 14.9 Å². The third kappa shape index (κ3) is 6.24. The summed E-state index contributed by atoms with van der Waals surface area (Å²) in [5, 5.41) is 14.4. The summed E-state index contributed by atoms with van der Waals surface area (Å²) in [6, 6.07) is 14.2. The van der Waals surface area contributed by atoms with Crippen LogP contribution in [0.1, 0.15) is 35.1 Å². The van der Waals surface area contributed by atoms with E-state index < -0.39 is 10.9 Å². The second-order valence-corrected chi connectivity index (χ2v) is 10.5. The molecule has 5 rings (SSSR count). The number of hydrogen-bond donors (Lipinski definition) is 1. The first kappa shape index (κ1) is 26.8. The Morgan fingerprint density at radius 1 is 1.23 bits per heavy atom. The Hall–Kier alpha value is -4.83. The van der Waals surface area contributed by atoms with Crippen molar-refractivity contribution in [2.75, 3.05) is 6.61 Å². The molecule has 3 aromatic heterocycles. The molecule has 0 saturated heterocycles. The molecular formula is C30H27N5O4S. The van der Waals surface area contributed by atoms with Crippen LogP contribution in [-0.4, -0.2) is 32.0 Å². The highest BCUT2D eigenvalue weighted by Gasteiger charge is 2.28. The highest BCUT2D eigenvalue weighted by atomic mass is 32.1. The molecule has 1 aliphatic rings. The van der Waals surface area contributed by atoms with E-state index in [0.717, 1.165) is 28.4 Å². The van der Waals surface area contributed by atoms with Crippen LogP contribution in [0.5, 0.6) is 0 Å². The zero-order chi connectivity index (χ0) is 28.1. The van der Waals surface area contributed by atoms with E-state index in [1.165, 1.54) is 17.0 Å². The average Bonchev–Trinajstić information content (AvgIpc) is 3.63. The summed E-state index contributed by atoms with van der Waals surface area (Å²) in [5.41, 5.74) is 4.25. The van der Waals surface area contributed by atoms with Crippen LogP contribution < -0.4 is 5.32 Å². The van der Waals surface area contributed by atoms with Crippen LogP contribution in [-0.2, 0) is 16.1 Å². The number of nitro benzene ring substituents is 1. The van der Waals surface area contributed by atoms with Crippen molar-refractivity contribution in [3.8, 4) is 11.3 Å². The first-order chi connectivity index (χ1) is 19.4. The lowest BCUT2D eigenvalue weighted by atomic mass is 9.87. The van der Waals surface area contributed by atoms with Gasteiger partial charge in [0.15, 0.2) is 0 Å². The minimum atomic E-state index is -0.429. The fourth-order valence-corrected chi connectivity index (χ4v) is 5.50. The quantitative estimate of drug-likeness (QED) is 0.152. The van der Waals surface area contributed by atoms with Gasteiger partial charge in [-0.25, -0.2) is 9.78 Å². The van der Waals surface area contributed by atoms with Crippen molar-refractivity contribution in [2.45, 2.75) is 26.3 Å². The lowest BCUT2D eigenvalue weighted by Gasteiger charge is -2.25. The minimum Gasteiger partial charge on any atom is -0.458 e. The van der Waals surface area contributed by atoms with Gasteiger partial charge in [-0.15, -0.1) is 11.3 Å². The second kappa shape index (κ2) is 11.9. The number of hydrogen-bond acceptors (Lipinski definition) is 8. The number of imidazole rings is 1. The zero-order valence-electron chi connectivity index (χ0n) is 22.0. The van der Waals surface area contributed by atoms with Gasteiger partial charge in [0.05, 0.1) is 29.1 Å². The number of nitrogens with zero attached hydrogens (tertiary/aromatic N) is 4. The van der Waals surface area contributed by atoms with Crippen molar-refractivity contribution in [1.29, 1.82) is 0 Å². The van der Waals surface area contributed by atoms with Gasteiger partial charge in [-0.05, 0) is 49.8 Å². The number of carbonyl (C=O) groups is 1. The summed E-state index contributed by atoms with van der Waals surface area (Å²) >= 11 is 1.67. The summed E-state index contributed by atoms with van der Waals surface area (Å²) in [7, 11) is 0. The van der Waals surface area contributed by atoms with E-state index in [-0.39, 0.29) is 18.2 Å². The molecule has 40 heavy (non-hydrogen) atoms. The predicted octanol–water partition coefficient (Wildman–Crippen LogP) is 6.08. The molecule has 202 valence electrons. The molecular weight excluding hydrogens is 526 g/mol. The third-order valence-electron chi connectivity index (χ3n) is 6.41. The maximum Gasteiger partial charge on any atom is 0.337 e. The zero-order valence-corrected chi connectivity index (χ0v) is 22.8. The van der Waals surface area contributed by atoms with Crippen molar-refractivity contribution in [1.82, 2.24) is 19.9 Å². The summed E-state index contributed by atoms with van der Waals surface area (Å²) in [4.78, 5) is 34.8. The Morgan fingerprint density at radius 3 is 2.85 bits per heavy atom. The van der Waals surface area contributed by atoms with Gasteiger partial charge in [-0.2, -0.15) is 0 Å². The number of benzene rings is 1. The number of aromatic nitrogens is 3. The molecule has 0 bridgehead atoms. The van der Waals surface area contributed by atoms with Gasteiger partial charge in [0.2, 0.25) is 0 Å². The third-order valence-corrected chi connectivity index (χ3v) is 7.44. The Balaban J connectivity index is 1.26. The maximum atomic E-state index is 13.2. The first-order valence-electron chi connectivity index (χ1n) is 12.6. The predicted molar refractivity (Wildman–Crippen MR) is 154 cm³/mol. The number of nitrogens with one attached hydrogen (secondary N) is 1. The van der Waals surface area contributed by atoms with E-state index in [0.29, 0.717) is 16.8 Å². The monoisotopic (exact) mass is 553 g/mol. The Bertz CT molecular complexity index is 1620. The molecule has 0 spiro atoms. The van der Waals surface area contributed by atoms with Crippen LogP contribution in [0.3, 0.4) is 0 Å². The van der Waals surface area contributed by atoms with Crippen molar-refractivity contribution < 1.29 is 14.5 Å². The fourth-order valence-electron chi connectivity index (χ4n) is 4.55. The number of esters is 1. The van der Waals surface area contributed by atoms with Gasteiger partial charge in [-0.3, -0.25) is 15.1 Å². The lowest BCUT2D eigenvalue weighted by Crippen LogP contribution is -2.25. The van der Waals surface area contributed by atoms with Crippen LogP contribution in [0.4, 0.5) is 5.69 Å². The van der Waals surface area contributed by atoms with Crippen LogP contribution >= 0.6 is 11.3 Å². The number of thiophene rings is 1. The van der Waals surface area contributed by atoms with Gasteiger partial charge in [0, 0.05) is 63.4 Å².